The molecule has 0 bridgehead atoms. The molecule has 4 rings (SSSR count). The van der Waals surface area contributed by atoms with Crippen LogP contribution in [0.3, 0.4) is 0 Å². The van der Waals surface area contributed by atoms with Gasteiger partial charge in [-0.15, -0.1) is 0 Å². The van der Waals surface area contributed by atoms with E-state index >= 15 is 0 Å². The lowest BCUT2D eigenvalue weighted by Gasteiger charge is -2.34. The number of amides is 3. The van der Waals surface area contributed by atoms with Gasteiger partial charge in [0.25, 0.3) is 5.91 Å². The molecule has 29 heavy (non-hydrogen) atoms. The Hall–Kier alpha value is -2.25. The number of piperidine rings is 2. The number of hydrogen-bond acceptors (Lipinski definition) is 5. The summed E-state index contributed by atoms with van der Waals surface area (Å²) < 4.78 is 0. The fraction of sp³-hybridized carbons (Fsp3) is 0.591. The molecule has 1 aromatic rings. The highest BCUT2D eigenvalue weighted by atomic mass is 16.2. The maximum atomic E-state index is 13.1. The van der Waals surface area contributed by atoms with Crippen molar-refractivity contribution in [2.75, 3.05) is 19.6 Å². The van der Waals surface area contributed by atoms with Crippen LogP contribution in [0.5, 0.6) is 0 Å². The molecule has 1 aromatic carbocycles. The Bertz CT molecular complexity index is 816. The van der Waals surface area contributed by atoms with Crippen LogP contribution in [0, 0.1) is 5.41 Å². The summed E-state index contributed by atoms with van der Waals surface area (Å²) in [6.07, 6.45) is 4.20. The van der Waals surface area contributed by atoms with Gasteiger partial charge in [0.1, 0.15) is 6.04 Å². The monoisotopic (exact) mass is 398 g/mol. The van der Waals surface area contributed by atoms with Gasteiger partial charge in [-0.05, 0) is 61.9 Å². The zero-order valence-corrected chi connectivity index (χ0v) is 17.1. The minimum atomic E-state index is -0.562. The minimum absolute atomic E-state index is 0.0998. The van der Waals surface area contributed by atoms with E-state index in [1.54, 1.807) is 4.90 Å². The van der Waals surface area contributed by atoms with Gasteiger partial charge in [-0.3, -0.25) is 19.7 Å². The molecule has 3 amide bonds. The maximum Gasteiger partial charge on any atom is 0.255 e. The Labute approximate surface area is 171 Å². The quantitative estimate of drug-likeness (QED) is 0.497. The highest BCUT2D eigenvalue weighted by Gasteiger charge is 2.39. The first-order valence-corrected chi connectivity index (χ1v) is 10.6. The van der Waals surface area contributed by atoms with Crippen molar-refractivity contribution in [2.45, 2.75) is 58.2 Å². The molecular weight excluding hydrogens is 368 g/mol. The molecule has 2 fully saturated rings. The Morgan fingerprint density at radius 3 is 2.76 bits per heavy atom. The molecular formula is C22H30N4O3. The van der Waals surface area contributed by atoms with Crippen LogP contribution >= 0.6 is 0 Å². The number of imide groups is 1. The van der Waals surface area contributed by atoms with Gasteiger partial charge in [0.05, 0.1) is 0 Å². The third-order valence-electron chi connectivity index (χ3n) is 6.67. The second kappa shape index (κ2) is 8.24. The highest BCUT2D eigenvalue weighted by molar-refractivity contribution is 6.05. The lowest BCUT2D eigenvalue weighted by molar-refractivity contribution is -0.136. The Balaban J connectivity index is 1.38. The van der Waals surface area contributed by atoms with Crippen LogP contribution in [0.4, 0.5) is 0 Å². The molecule has 0 aliphatic carbocycles. The SMILES string of the molecule is CC1(CCNCc2cccc3c2C(=O)N(C2CCC(=O)NC2=O)C3)CCNCC1. The second-order valence-corrected chi connectivity index (χ2v) is 8.84. The molecule has 0 aromatic heterocycles. The summed E-state index contributed by atoms with van der Waals surface area (Å²) in [5.41, 5.74) is 3.05. The van der Waals surface area contributed by atoms with Gasteiger partial charge >= 0.3 is 0 Å². The first-order chi connectivity index (χ1) is 14.0. The highest BCUT2D eigenvalue weighted by Crippen LogP contribution is 2.32. The van der Waals surface area contributed by atoms with Crippen LogP contribution in [-0.4, -0.2) is 48.3 Å². The van der Waals surface area contributed by atoms with Gasteiger partial charge in [-0.25, -0.2) is 0 Å². The van der Waals surface area contributed by atoms with Gasteiger partial charge in [-0.2, -0.15) is 0 Å². The zero-order valence-electron chi connectivity index (χ0n) is 17.1. The standard InChI is InChI=1S/C22H30N4O3/c1-22(7-10-23-11-8-22)9-12-24-13-15-3-2-4-16-14-26(21(29)19(15)16)17-5-6-18(27)25-20(17)28/h2-4,17,23-24H,5-14H2,1H3,(H,25,27,28). The van der Waals surface area contributed by atoms with Gasteiger partial charge in [0, 0.05) is 25.1 Å². The summed E-state index contributed by atoms with van der Waals surface area (Å²) in [6, 6.07) is 5.36. The van der Waals surface area contributed by atoms with Crippen LogP contribution < -0.4 is 16.0 Å². The topological polar surface area (TPSA) is 90.5 Å². The van der Waals surface area contributed by atoms with Crippen molar-refractivity contribution in [3.63, 3.8) is 0 Å². The predicted molar refractivity (Wildman–Crippen MR) is 109 cm³/mol. The van der Waals surface area contributed by atoms with E-state index in [9.17, 15) is 14.4 Å². The molecule has 7 nitrogen and oxygen atoms in total. The summed E-state index contributed by atoms with van der Waals surface area (Å²) in [4.78, 5) is 38.4. The van der Waals surface area contributed by atoms with Gasteiger partial charge in [0.15, 0.2) is 0 Å². The predicted octanol–water partition coefficient (Wildman–Crippen LogP) is 1.32. The summed E-state index contributed by atoms with van der Waals surface area (Å²) in [6.45, 7) is 6.54. The van der Waals surface area contributed by atoms with E-state index in [0.717, 1.165) is 42.7 Å². The van der Waals surface area contributed by atoms with E-state index in [1.165, 1.54) is 12.8 Å². The Kier molecular flexibility index (Phi) is 5.69. The summed E-state index contributed by atoms with van der Waals surface area (Å²) >= 11 is 0. The second-order valence-electron chi connectivity index (χ2n) is 8.84. The zero-order chi connectivity index (χ0) is 20.4. The Morgan fingerprint density at radius 2 is 2.00 bits per heavy atom. The number of nitrogens with one attached hydrogen (secondary N) is 3. The molecule has 0 spiro atoms. The lowest BCUT2D eigenvalue weighted by atomic mass is 9.78. The van der Waals surface area contributed by atoms with E-state index in [1.807, 2.05) is 18.2 Å². The molecule has 1 unspecified atom stereocenters. The fourth-order valence-corrected chi connectivity index (χ4v) is 4.73. The van der Waals surface area contributed by atoms with Crippen molar-refractivity contribution in [2.24, 2.45) is 5.41 Å². The van der Waals surface area contributed by atoms with Crippen molar-refractivity contribution in [1.29, 1.82) is 0 Å². The molecule has 3 aliphatic heterocycles. The molecule has 0 radical (unpaired) electrons. The minimum Gasteiger partial charge on any atom is -0.322 e. The smallest absolute Gasteiger partial charge is 0.255 e. The van der Waals surface area contributed by atoms with Crippen molar-refractivity contribution in [3.8, 4) is 0 Å². The van der Waals surface area contributed by atoms with E-state index in [4.69, 9.17) is 0 Å². The summed E-state index contributed by atoms with van der Waals surface area (Å²) in [5, 5.41) is 9.29. The first-order valence-electron chi connectivity index (χ1n) is 10.6. The summed E-state index contributed by atoms with van der Waals surface area (Å²) in [5.74, 6) is -0.725. The van der Waals surface area contributed by atoms with E-state index < -0.39 is 6.04 Å². The molecule has 3 N–H and O–H groups in total. The molecule has 156 valence electrons. The third kappa shape index (κ3) is 4.21. The number of hydrogen-bond donors (Lipinski definition) is 3. The number of nitrogens with zero attached hydrogens (tertiary/aromatic N) is 1. The average molecular weight is 399 g/mol. The molecule has 0 saturated carbocycles. The fourth-order valence-electron chi connectivity index (χ4n) is 4.73. The number of fused-ring (bicyclic) bond motifs is 1. The Morgan fingerprint density at radius 1 is 1.21 bits per heavy atom. The van der Waals surface area contributed by atoms with E-state index in [2.05, 4.69) is 22.9 Å². The van der Waals surface area contributed by atoms with Gasteiger partial charge in [-0.1, -0.05) is 25.1 Å². The van der Waals surface area contributed by atoms with Crippen LogP contribution in [0.25, 0.3) is 0 Å². The van der Waals surface area contributed by atoms with Crippen molar-refractivity contribution < 1.29 is 14.4 Å². The normalized spacial score (nSPS) is 23.8. The number of carbonyl (C=O) groups is 3. The van der Waals surface area contributed by atoms with Gasteiger partial charge < -0.3 is 15.5 Å². The third-order valence-corrected chi connectivity index (χ3v) is 6.67. The van der Waals surface area contributed by atoms with Crippen LogP contribution in [0.1, 0.15) is 60.5 Å². The average Bonchev–Trinajstić information content (AvgIpc) is 3.03. The molecule has 2 saturated heterocycles. The summed E-state index contributed by atoms with van der Waals surface area (Å²) in [7, 11) is 0. The molecule has 3 heterocycles. The van der Waals surface area contributed by atoms with Crippen molar-refractivity contribution >= 4 is 17.7 Å². The van der Waals surface area contributed by atoms with Crippen LogP contribution in [-0.2, 0) is 22.7 Å². The largest absolute Gasteiger partial charge is 0.322 e. The van der Waals surface area contributed by atoms with Crippen molar-refractivity contribution in [1.82, 2.24) is 20.9 Å². The van der Waals surface area contributed by atoms with E-state index in [-0.39, 0.29) is 24.1 Å². The van der Waals surface area contributed by atoms with Crippen molar-refractivity contribution in [3.05, 3.63) is 34.9 Å². The first kappa shape index (κ1) is 20.0. The number of carbonyl (C=O) groups excluding carboxylic acids is 3. The van der Waals surface area contributed by atoms with Crippen LogP contribution in [0.15, 0.2) is 18.2 Å². The number of benzene rings is 1. The van der Waals surface area contributed by atoms with E-state index in [0.29, 0.717) is 24.9 Å². The molecule has 1 atom stereocenters. The maximum absolute atomic E-state index is 13.1. The number of rotatable bonds is 6. The van der Waals surface area contributed by atoms with Crippen LogP contribution in [0.2, 0.25) is 0 Å². The molecule has 7 heteroatoms. The van der Waals surface area contributed by atoms with Gasteiger partial charge in [0.2, 0.25) is 11.8 Å². The lowest BCUT2D eigenvalue weighted by Crippen LogP contribution is -2.52. The molecule has 3 aliphatic rings.